The minimum absolute atomic E-state index is 0.438. The van der Waals surface area contributed by atoms with Gasteiger partial charge in [-0.25, -0.2) is 9.97 Å². The highest BCUT2D eigenvalue weighted by molar-refractivity contribution is 9.10. The second-order valence-electron chi connectivity index (χ2n) is 6.61. The summed E-state index contributed by atoms with van der Waals surface area (Å²) < 4.78 is 3.26. The lowest BCUT2D eigenvalue weighted by molar-refractivity contribution is 0.243. The molecule has 2 heterocycles. The first-order chi connectivity index (χ1) is 10.2. The number of fused-ring (bicyclic) bond motifs is 3. The summed E-state index contributed by atoms with van der Waals surface area (Å²) >= 11 is 9.62. The summed E-state index contributed by atoms with van der Waals surface area (Å²) in [4.78, 5) is 9.28. The Balaban J connectivity index is 1.77. The van der Waals surface area contributed by atoms with E-state index in [1.807, 2.05) is 12.3 Å². The van der Waals surface area contributed by atoms with E-state index in [0.29, 0.717) is 11.9 Å². The molecule has 2 saturated carbocycles. The zero-order valence-corrected chi connectivity index (χ0v) is 14.4. The maximum Gasteiger partial charge on any atom is 0.160 e. The highest BCUT2D eigenvalue weighted by Crippen LogP contribution is 2.52. The van der Waals surface area contributed by atoms with Crippen LogP contribution < -0.4 is 0 Å². The van der Waals surface area contributed by atoms with Gasteiger partial charge in [0.2, 0.25) is 0 Å². The summed E-state index contributed by atoms with van der Waals surface area (Å²) in [5.41, 5.74) is 1.92. The van der Waals surface area contributed by atoms with Crippen molar-refractivity contribution in [1.29, 1.82) is 0 Å². The lowest BCUT2D eigenvalue weighted by atomic mass is 9.84. The topological polar surface area (TPSA) is 30.7 Å². The molecular weight excluding hydrogens is 350 g/mol. The van der Waals surface area contributed by atoms with Gasteiger partial charge in [-0.05, 0) is 65.9 Å². The third-order valence-corrected chi connectivity index (χ3v) is 6.18. The predicted octanol–water partition coefficient (Wildman–Crippen LogP) is 4.93. The number of hydrogen-bond donors (Lipinski definition) is 0. The summed E-state index contributed by atoms with van der Waals surface area (Å²) in [6, 6.07) is 2.47. The van der Waals surface area contributed by atoms with Crippen LogP contribution in [-0.4, -0.2) is 14.5 Å². The van der Waals surface area contributed by atoms with Crippen LogP contribution in [0.3, 0.4) is 0 Å². The molecule has 0 saturated heterocycles. The first kappa shape index (κ1) is 14.0. The monoisotopic (exact) mass is 367 g/mol. The van der Waals surface area contributed by atoms with Crippen molar-refractivity contribution in [2.75, 3.05) is 0 Å². The van der Waals surface area contributed by atoms with Crippen LogP contribution in [0.25, 0.3) is 11.2 Å². The Hall–Kier alpha value is -0.610. The van der Waals surface area contributed by atoms with Crippen molar-refractivity contribution in [2.24, 2.45) is 17.8 Å². The smallest absolute Gasteiger partial charge is 0.160 e. The number of alkyl halides is 1. The van der Waals surface area contributed by atoms with E-state index in [-0.39, 0.29) is 0 Å². The number of imidazole rings is 1. The summed E-state index contributed by atoms with van der Waals surface area (Å²) in [7, 11) is 0. The molecule has 0 radical (unpaired) electrons. The summed E-state index contributed by atoms with van der Waals surface area (Å²) in [6.45, 7) is 2.33. The molecule has 2 aliphatic carbocycles. The van der Waals surface area contributed by atoms with Crippen molar-refractivity contribution >= 4 is 38.7 Å². The van der Waals surface area contributed by atoms with Gasteiger partial charge in [-0.1, -0.05) is 6.42 Å². The Morgan fingerprint density at radius 3 is 2.95 bits per heavy atom. The van der Waals surface area contributed by atoms with Gasteiger partial charge in [0.05, 0.1) is 5.88 Å². The largest absolute Gasteiger partial charge is 0.309 e. The van der Waals surface area contributed by atoms with Gasteiger partial charge in [0.1, 0.15) is 11.3 Å². The molecule has 0 aromatic carbocycles. The molecule has 5 heteroatoms. The van der Waals surface area contributed by atoms with E-state index in [4.69, 9.17) is 11.6 Å². The maximum atomic E-state index is 6.15. The fourth-order valence-electron chi connectivity index (χ4n) is 4.60. The van der Waals surface area contributed by atoms with Gasteiger partial charge in [-0.15, -0.1) is 11.6 Å². The van der Waals surface area contributed by atoms with Crippen molar-refractivity contribution in [1.82, 2.24) is 14.5 Å². The van der Waals surface area contributed by atoms with Crippen molar-refractivity contribution in [3.05, 3.63) is 22.6 Å². The number of nitrogens with zero attached hydrogens (tertiary/aromatic N) is 3. The van der Waals surface area contributed by atoms with E-state index in [2.05, 4.69) is 37.4 Å². The fourth-order valence-corrected chi connectivity index (χ4v) is 5.11. The second-order valence-corrected chi connectivity index (χ2v) is 7.79. The van der Waals surface area contributed by atoms with Gasteiger partial charge in [-0.3, -0.25) is 0 Å². The molecule has 0 N–H and O–H groups in total. The molecule has 0 spiro atoms. The fraction of sp³-hybridized carbons (Fsp3) is 0.625. The molecule has 4 rings (SSSR count). The Morgan fingerprint density at radius 1 is 1.43 bits per heavy atom. The Kier molecular flexibility index (Phi) is 3.49. The standard InChI is InChI=1S/C16H19BrClN3/c1-9(13-5-10-2-3-11(13)4-10)21-15(7-18)20-14-6-12(17)8-19-16(14)21/h6,8-11,13H,2-5,7H2,1H3. The third-order valence-electron chi connectivity index (χ3n) is 5.51. The van der Waals surface area contributed by atoms with Crippen molar-refractivity contribution in [2.45, 2.75) is 44.5 Å². The Bertz CT molecular complexity index is 683. The molecule has 2 aliphatic rings. The van der Waals surface area contributed by atoms with E-state index in [0.717, 1.165) is 39.2 Å². The number of hydrogen-bond acceptors (Lipinski definition) is 2. The lowest BCUT2D eigenvalue weighted by Crippen LogP contribution is -2.23. The second kappa shape index (κ2) is 5.24. The minimum atomic E-state index is 0.438. The van der Waals surface area contributed by atoms with E-state index in [9.17, 15) is 0 Å². The van der Waals surface area contributed by atoms with Crippen LogP contribution in [0.15, 0.2) is 16.7 Å². The van der Waals surface area contributed by atoms with E-state index >= 15 is 0 Å². The van der Waals surface area contributed by atoms with Crippen molar-refractivity contribution in [3.63, 3.8) is 0 Å². The molecule has 0 aliphatic heterocycles. The number of pyridine rings is 1. The van der Waals surface area contributed by atoms with Gasteiger partial charge < -0.3 is 4.57 Å². The minimum Gasteiger partial charge on any atom is -0.309 e. The molecule has 2 bridgehead atoms. The predicted molar refractivity (Wildman–Crippen MR) is 88.4 cm³/mol. The molecule has 2 aromatic heterocycles. The number of rotatable bonds is 3. The van der Waals surface area contributed by atoms with Crippen molar-refractivity contribution < 1.29 is 0 Å². The quantitative estimate of drug-likeness (QED) is 0.719. The maximum absolute atomic E-state index is 6.15. The van der Waals surface area contributed by atoms with Crippen LogP contribution in [-0.2, 0) is 5.88 Å². The highest BCUT2D eigenvalue weighted by Gasteiger charge is 2.42. The summed E-state index contributed by atoms with van der Waals surface area (Å²) in [6.07, 6.45) is 7.49. The van der Waals surface area contributed by atoms with Gasteiger partial charge in [0.25, 0.3) is 0 Å². The number of halogens is 2. The van der Waals surface area contributed by atoms with Gasteiger partial charge in [0.15, 0.2) is 5.65 Å². The summed E-state index contributed by atoms with van der Waals surface area (Å²) in [5, 5.41) is 0. The van der Waals surface area contributed by atoms with Gasteiger partial charge in [-0.2, -0.15) is 0 Å². The van der Waals surface area contributed by atoms with Crippen molar-refractivity contribution in [3.8, 4) is 0 Å². The Labute approximate surface area is 138 Å². The molecule has 0 amide bonds. The summed E-state index contributed by atoms with van der Waals surface area (Å²) in [5.74, 6) is 4.00. The zero-order valence-electron chi connectivity index (χ0n) is 12.1. The SMILES string of the molecule is CC(C1CC2CCC1C2)n1c(CCl)nc2cc(Br)cnc21. The molecule has 4 unspecified atom stereocenters. The van der Waals surface area contributed by atoms with Crippen LogP contribution in [0.2, 0.25) is 0 Å². The molecule has 4 atom stereocenters. The Morgan fingerprint density at radius 2 is 2.29 bits per heavy atom. The first-order valence-electron chi connectivity index (χ1n) is 7.75. The average Bonchev–Trinajstić information content (AvgIpc) is 3.18. The van der Waals surface area contributed by atoms with E-state index in [1.165, 1.54) is 25.7 Å². The average molecular weight is 369 g/mol. The number of aromatic nitrogens is 3. The molecular formula is C16H19BrClN3. The van der Waals surface area contributed by atoms with E-state index < -0.39 is 0 Å². The molecule has 112 valence electrons. The van der Waals surface area contributed by atoms with Crippen LogP contribution in [0, 0.1) is 17.8 Å². The van der Waals surface area contributed by atoms with E-state index in [1.54, 1.807) is 0 Å². The molecule has 3 nitrogen and oxygen atoms in total. The molecule has 2 fully saturated rings. The van der Waals surface area contributed by atoms with Gasteiger partial charge >= 0.3 is 0 Å². The molecule has 21 heavy (non-hydrogen) atoms. The van der Waals surface area contributed by atoms with Crippen LogP contribution in [0.4, 0.5) is 0 Å². The van der Waals surface area contributed by atoms with Crippen LogP contribution in [0.5, 0.6) is 0 Å². The normalized spacial score (nSPS) is 29.4. The van der Waals surface area contributed by atoms with Gasteiger partial charge in [0, 0.05) is 16.7 Å². The third kappa shape index (κ3) is 2.22. The van der Waals surface area contributed by atoms with Crippen LogP contribution >= 0.6 is 27.5 Å². The van der Waals surface area contributed by atoms with Crippen LogP contribution in [0.1, 0.15) is 44.5 Å². The highest BCUT2D eigenvalue weighted by atomic mass is 79.9. The lowest BCUT2D eigenvalue weighted by Gasteiger charge is -2.29. The zero-order chi connectivity index (χ0) is 14.6. The molecule has 2 aromatic rings. The first-order valence-corrected chi connectivity index (χ1v) is 9.08.